The zero-order chi connectivity index (χ0) is 25.4. The van der Waals surface area contributed by atoms with Crippen LogP contribution in [0.4, 0.5) is 0 Å². The lowest BCUT2D eigenvalue weighted by atomic mass is 10.0. The zero-order valence-electron chi connectivity index (χ0n) is 20.0. The molecule has 186 valence electrons. The predicted molar refractivity (Wildman–Crippen MR) is 122 cm³/mol. The van der Waals surface area contributed by atoms with Crippen molar-refractivity contribution in [2.24, 2.45) is 0 Å². The van der Waals surface area contributed by atoms with Crippen LogP contribution in [0.1, 0.15) is 41.5 Å². The quantitative estimate of drug-likeness (QED) is 0.446. The number of ether oxygens (including phenoxy) is 3. The average molecular weight is 495 g/mol. The van der Waals surface area contributed by atoms with E-state index < -0.39 is 62.8 Å². The molecule has 2 heterocycles. The van der Waals surface area contributed by atoms with Gasteiger partial charge in [-0.05, 0) is 53.7 Å². The molecule has 1 aromatic carbocycles. The Balaban J connectivity index is 1.88. The Kier molecular flexibility index (Phi) is 7.09. The van der Waals surface area contributed by atoms with Crippen LogP contribution >= 0.6 is 0 Å². The molecule has 10 nitrogen and oxygen atoms in total. The molecule has 0 aromatic heterocycles. The van der Waals surface area contributed by atoms with Gasteiger partial charge in [-0.1, -0.05) is 18.2 Å². The van der Waals surface area contributed by atoms with Gasteiger partial charge in [0.25, 0.3) is 11.8 Å². The normalized spacial score (nSPS) is 23.8. The molecule has 11 heteroatoms. The number of carbonyl (C=O) groups excluding carboxylic acids is 3. The molecule has 0 aliphatic carbocycles. The Labute approximate surface area is 199 Å². The lowest BCUT2D eigenvalue weighted by molar-refractivity contribution is -0.159. The van der Waals surface area contributed by atoms with Gasteiger partial charge in [-0.2, -0.15) is 0 Å². The maximum atomic E-state index is 13.4. The molecular weight excluding hydrogens is 464 g/mol. The first kappa shape index (κ1) is 25.7. The first-order chi connectivity index (χ1) is 15.7. The van der Waals surface area contributed by atoms with E-state index in [-0.39, 0.29) is 11.3 Å². The van der Waals surface area contributed by atoms with Crippen molar-refractivity contribution in [3.63, 3.8) is 0 Å². The summed E-state index contributed by atoms with van der Waals surface area (Å²) in [5, 5.41) is 0.919. The average Bonchev–Trinajstić information content (AvgIpc) is 2.72. The second-order valence-electron chi connectivity index (χ2n) is 9.39. The minimum absolute atomic E-state index is 0.0599. The molecule has 0 saturated carbocycles. The number of para-hydroxylation sites is 1. The van der Waals surface area contributed by atoms with Crippen LogP contribution < -0.4 is 10.1 Å². The Morgan fingerprint density at radius 2 is 1.76 bits per heavy atom. The fourth-order valence-corrected chi connectivity index (χ4v) is 6.04. The van der Waals surface area contributed by atoms with E-state index in [0.29, 0.717) is 5.75 Å². The minimum atomic E-state index is -4.15. The van der Waals surface area contributed by atoms with E-state index in [9.17, 15) is 22.8 Å². The number of carbonyl (C=O) groups is 3. The number of nitrogens with zero attached hydrogens (tertiary/aromatic N) is 1. The molecule has 2 aliphatic heterocycles. The molecule has 1 unspecified atom stereocenters. The largest absolute Gasteiger partial charge is 0.484 e. The number of benzene rings is 1. The smallest absolute Gasteiger partial charge is 0.355 e. The highest BCUT2D eigenvalue weighted by Crippen LogP contribution is 2.41. The summed E-state index contributed by atoms with van der Waals surface area (Å²) in [5.41, 5.74) is -2.47. The number of amides is 2. The van der Waals surface area contributed by atoms with Crippen LogP contribution in [0, 0.1) is 0 Å². The molecule has 0 bridgehead atoms. The van der Waals surface area contributed by atoms with Crippen LogP contribution in [0.25, 0.3) is 0 Å². The Bertz CT molecular complexity index is 1110. The molecule has 1 saturated heterocycles. The van der Waals surface area contributed by atoms with Crippen LogP contribution in [0.3, 0.4) is 0 Å². The van der Waals surface area contributed by atoms with Gasteiger partial charge in [0.2, 0.25) is 9.84 Å². The molecule has 0 spiro atoms. The highest BCUT2D eigenvalue weighted by atomic mass is 32.2. The van der Waals surface area contributed by atoms with Crippen molar-refractivity contribution in [1.82, 2.24) is 10.2 Å². The Morgan fingerprint density at radius 3 is 2.32 bits per heavy atom. The molecule has 0 radical (unpaired) electrons. The van der Waals surface area contributed by atoms with Crippen molar-refractivity contribution in [1.29, 1.82) is 0 Å². The van der Waals surface area contributed by atoms with Crippen LogP contribution in [0.2, 0.25) is 0 Å². The van der Waals surface area contributed by atoms with E-state index in [1.54, 1.807) is 65.0 Å². The van der Waals surface area contributed by atoms with Crippen molar-refractivity contribution in [3.05, 3.63) is 41.6 Å². The summed E-state index contributed by atoms with van der Waals surface area (Å²) in [6, 6.07) is 7.18. The van der Waals surface area contributed by atoms with Crippen molar-refractivity contribution in [2.45, 2.75) is 70.1 Å². The van der Waals surface area contributed by atoms with Gasteiger partial charge in [0.1, 0.15) is 23.1 Å². The van der Waals surface area contributed by atoms with Gasteiger partial charge < -0.3 is 19.5 Å². The number of rotatable bonds is 7. The van der Waals surface area contributed by atoms with Crippen LogP contribution in [-0.4, -0.2) is 66.3 Å². The first-order valence-electron chi connectivity index (χ1n) is 10.9. The summed E-state index contributed by atoms with van der Waals surface area (Å²) in [4.78, 5) is 39.2. The zero-order valence-corrected chi connectivity index (χ0v) is 20.8. The summed E-state index contributed by atoms with van der Waals surface area (Å²) in [7, 11) is -4.15. The third kappa shape index (κ3) is 5.10. The van der Waals surface area contributed by atoms with E-state index in [2.05, 4.69) is 5.32 Å². The number of esters is 1. The van der Waals surface area contributed by atoms with Crippen LogP contribution in [-0.2, 0) is 33.7 Å². The van der Waals surface area contributed by atoms with Gasteiger partial charge in [-0.15, -0.1) is 0 Å². The van der Waals surface area contributed by atoms with Crippen LogP contribution in [0.5, 0.6) is 5.75 Å². The van der Waals surface area contributed by atoms with E-state index in [1.165, 1.54) is 6.92 Å². The maximum absolute atomic E-state index is 13.4. The highest BCUT2D eigenvalue weighted by molar-refractivity contribution is 7.92. The standard InChI is InChI=1S/C23H30N2O8S/c1-13(2)32-22-14(3)18(21(28)33-23(4,5)6)25-19(27)17(20(25)34(22,29)30)24-16(26)12-31-15-10-8-7-9-11-15/h7-11,13,17,20,22H,12H2,1-6H3,(H,24,26)/t17-,20-,22?/m1/s1. The lowest BCUT2D eigenvalue weighted by Crippen LogP contribution is -2.76. The summed E-state index contributed by atoms with van der Waals surface area (Å²) < 4.78 is 43.2. The fraction of sp³-hybridized carbons (Fsp3) is 0.522. The number of sulfone groups is 1. The molecule has 3 atom stereocenters. The summed E-state index contributed by atoms with van der Waals surface area (Å²) in [5.74, 6) is -1.80. The van der Waals surface area contributed by atoms with Crippen molar-refractivity contribution < 1.29 is 37.0 Å². The van der Waals surface area contributed by atoms with Gasteiger partial charge in [-0.25, -0.2) is 13.2 Å². The van der Waals surface area contributed by atoms with Crippen molar-refractivity contribution >= 4 is 27.6 Å². The molecule has 1 aromatic rings. The second-order valence-corrected chi connectivity index (χ2v) is 11.5. The van der Waals surface area contributed by atoms with Gasteiger partial charge in [-0.3, -0.25) is 14.5 Å². The van der Waals surface area contributed by atoms with E-state index >= 15 is 0 Å². The number of nitrogens with one attached hydrogen (secondary N) is 1. The Hall–Kier alpha value is -2.92. The van der Waals surface area contributed by atoms with E-state index in [4.69, 9.17) is 14.2 Å². The maximum Gasteiger partial charge on any atom is 0.355 e. The highest BCUT2D eigenvalue weighted by Gasteiger charge is 2.63. The topological polar surface area (TPSA) is 128 Å². The van der Waals surface area contributed by atoms with E-state index in [1.807, 2.05) is 0 Å². The van der Waals surface area contributed by atoms with Gasteiger partial charge >= 0.3 is 5.97 Å². The molecule has 2 amide bonds. The number of hydrogen-bond acceptors (Lipinski definition) is 8. The summed E-state index contributed by atoms with van der Waals surface area (Å²) in [6.07, 6.45) is -0.482. The lowest BCUT2D eigenvalue weighted by Gasteiger charge is -2.51. The molecule has 34 heavy (non-hydrogen) atoms. The monoisotopic (exact) mass is 494 g/mol. The number of hydrogen-bond donors (Lipinski definition) is 1. The summed E-state index contributed by atoms with van der Waals surface area (Å²) in [6.45, 7) is 9.31. The number of β-lactam (4-membered cyclic amide) rings is 1. The van der Waals surface area contributed by atoms with Crippen molar-refractivity contribution in [3.8, 4) is 5.75 Å². The molecule has 1 N–H and O–H groups in total. The predicted octanol–water partition coefficient (Wildman–Crippen LogP) is 1.51. The SMILES string of the molecule is CC1=C(C(=O)OC(C)(C)C)N2C(=O)[C@@H](NC(=O)COc3ccccc3)[C@H]2S(=O)(=O)C1OC(C)C. The minimum Gasteiger partial charge on any atom is -0.484 e. The van der Waals surface area contributed by atoms with Crippen molar-refractivity contribution in [2.75, 3.05) is 6.61 Å². The summed E-state index contributed by atoms with van der Waals surface area (Å²) >= 11 is 0. The third-order valence-electron chi connectivity index (χ3n) is 5.06. The molecule has 1 fully saturated rings. The van der Waals surface area contributed by atoms with Crippen LogP contribution in [0.15, 0.2) is 41.6 Å². The fourth-order valence-electron chi connectivity index (χ4n) is 3.74. The second kappa shape index (κ2) is 9.38. The van der Waals surface area contributed by atoms with E-state index in [0.717, 1.165) is 4.90 Å². The number of fused-ring (bicyclic) bond motifs is 1. The third-order valence-corrected chi connectivity index (χ3v) is 7.28. The molecule has 3 rings (SSSR count). The molecular formula is C23H30N2O8S. The van der Waals surface area contributed by atoms with Gasteiger partial charge in [0.15, 0.2) is 17.4 Å². The Morgan fingerprint density at radius 1 is 1.15 bits per heavy atom. The van der Waals surface area contributed by atoms with Gasteiger partial charge in [0, 0.05) is 5.57 Å². The first-order valence-corrected chi connectivity index (χ1v) is 12.5. The molecule has 2 aliphatic rings. The van der Waals surface area contributed by atoms with Gasteiger partial charge in [0.05, 0.1) is 6.10 Å².